The summed E-state index contributed by atoms with van der Waals surface area (Å²) in [6.07, 6.45) is 7.86. The highest BCUT2D eigenvalue weighted by Gasteiger charge is 2.22. The highest BCUT2D eigenvalue weighted by Crippen LogP contribution is 2.23. The van der Waals surface area contributed by atoms with Crippen LogP contribution in [0.3, 0.4) is 0 Å². The van der Waals surface area contributed by atoms with Crippen LogP contribution in [0.1, 0.15) is 22.3 Å². The Bertz CT molecular complexity index is 805. The number of halogens is 2. The Morgan fingerprint density at radius 2 is 1.00 bits per heavy atom. The van der Waals surface area contributed by atoms with Gasteiger partial charge in [0.1, 0.15) is 0 Å². The fourth-order valence-electron chi connectivity index (χ4n) is 1.79. The van der Waals surface area contributed by atoms with Gasteiger partial charge in [0.2, 0.25) is 0 Å². The lowest BCUT2D eigenvalue weighted by molar-refractivity contribution is -0.379. The Labute approximate surface area is 173 Å². The van der Waals surface area contributed by atoms with Gasteiger partial charge in [-0.25, -0.2) is 9.97 Å². The minimum absolute atomic E-state index is 0.894. The monoisotopic (exact) mass is 422 g/mol. The number of carbonyl (C=O) groups excluding carboxylic acids is 2. The van der Waals surface area contributed by atoms with Gasteiger partial charge in [0.15, 0.2) is 36.4 Å². The van der Waals surface area contributed by atoms with Crippen molar-refractivity contribution in [3.63, 3.8) is 0 Å². The second-order valence-electron chi connectivity index (χ2n) is 5.97. The van der Waals surface area contributed by atoms with E-state index in [9.17, 15) is 19.8 Å². The van der Waals surface area contributed by atoms with Crippen molar-refractivity contribution in [3.05, 3.63) is 80.8 Å². The Kier molecular flexibility index (Phi) is 8.82. The molecule has 0 aromatic carbocycles. The van der Waals surface area contributed by atoms with Crippen LogP contribution in [0, 0.1) is 27.7 Å². The summed E-state index contributed by atoms with van der Waals surface area (Å²) in [5.41, 5.74) is 5.30. The van der Waals surface area contributed by atoms with Gasteiger partial charge in [-0.1, -0.05) is 23.2 Å². The average molecular weight is 423 g/mol. The minimum atomic E-state index is -1.23. The summed E-state index contributed by atoms with van der Waals surface area (Å²) >= 11 is 10.2. The van der Waals surface area contributed by atoms with E-state index in [-0.39, 0.29) is 0 Å². The summed E-state index contributed by atoms with van der Waals surface area (Å²) in [4.78, 5) is 27.4. The van der Waals surface area contributed by atoms with E-state index in [0.717, 1.165) is 0 Å². The molecule has 6 nitrogen and oxygen atoms in total. The first kappa shape index (κ1) is 23.3. The molecule has 2 N–H and O–H groups in total. The van der Waals surface area contributed by atoms with Crippen LogP contribution in [0.4, 0.5) is 0 Å². The summed E-state index contributed by atoms with van der Waals surface area (Å²) in [5, 5.41) is 19.6. The molecule has 0 saturated carbocycles. The Morgan fingerprint density at radius 3 is 1.21 bits per heavy atom. The maximum atomic E-state index is 10.7. The van der Waals surface area contributed by atoms with Crippen LogP contribution in [-0.4, -0.2) is 11.6 Å². The molecule has 0 radical (unpaired) electrons. The SMILES string of the molecule is Cc1cc[nH+]cc1C.Cc1cc[nH+]cc1C.O=C1C([O-])=C(Cl)C(=O)C([O-])=C1Cl. The second-order valence-corrected chi connectivity index (χ2v) is 6.72. The first-order chi connectivity index (χ1) is 13.1. The smallest absolute Gasteiger partial charge is 0.190 e. The molecule has 0 saturated heterocycles. The average Bonchev–Trinajstić information content (AvgIpc) is 2.69. The molecular formula is C20H20Cl2N2O4. The fraction of sp³-hybridized carbons (Fsp3) is 0.200. The van der Waals surface area contributed by atoms with Crippen LogP contribution in [0.2, 0.25) is 0 Å². The number of pyridine rings is 2. The van der Waals surface area contributed by atoms with E-state index in [2.05, 4.69) is 49.8 Å². The summed E-state index contributed by atoms with van der Waals surface area (Å²) in [7, 11) is 0. The van der Waals surface area contributed by atoms with E-state index in [1.165, 1.54) is 22.3 Å². The van der Waals surface area contributed by atoms with Crippen molar-refractivity contribution in [1.29, 1.82) is 0 Å². The molecule has 0 amide bonds. The van der Waals surface area contributed by atoms with E-state index in [4.69, 9.17) is 23.2 Å². The zero-order valence-corrected chi connectivity index (χ0v) is 17.4. The number of H-pyrrole nitrogens is 2. The molecule has 8 heteroatoms. The number of Topliss-reactive ketones (excluding diaryl/α,β-unsaturated/α-hetero) is 2. The standard InChI is InChI=1S/2C7H9N.C6H2Cl2O4/c2*1-6-3-4-8-5-7(6)2;7-1-3(9)5(11)2(8)6(12)4(1)10/h2*3-5H,1-2H3;9,12H. The fourth-order valence-corrected chi connectivity index (χ4v) is 2.13. The number of allylic oxidation sites excluding steroid dienone is 2. The van der Waals surface area contributed by atoms with Crippen molar-refractivity contribution < 1.29 is 29.8 Å². The van der Waals surface area contributed by atoms with E-state index in [0.29, 0.717) is 0 Å². The van der Waals surface area contributed by atoms with Gasteiger partial charge >= 0.3 is 0 Å². The lowest BCUT2D eigenvalue weighted by Crippen LogP contribution is -2.31. The van der Waals surface area contributed by atoms with Crippen LogP contribution in [0.25, 0.3) is 0 Å². The van der Waals surface area contributed by atoms with Crippen molar-refractivity contribution in [2.75, 3.05) is 0 Å². The number of hydrogen-bond acceptors (Lipinski definition) is 4. The van der Waals surface area contributed by atoms with E-state index < -0.39 is 33.1 Å². The highest BCUT2D eigenvalue weighted by molar-refractivity contribution is 6.55. The molecule has 0 fully saturated rings. The summed E-state index contributed by atoms with van der Waals surface area (Å²) in [6.45, 7) is 8.38. The third kappa shape index (κ3) is 6.18. The first-order valence-corrected chi connectivity index (χ1v) is 8.93. The van der Waals surface area contributed by atoms with E-state index in [1.807, 2.05) is 24.8 Å². The Hall–Kier alpha value is -2.70. The minimum Gasteiger partial charge on any atom is -0.869 e. The van der Waals surface area contributed by atoms with E-state index in [1.54, 1.807) is 0 Å². The normalized spacial score (nSPS) is 13.5. The van der Waals surface area contributed by atoms with Gasteiger partial charge in [-0.2, -0.15) is 0 Å². The summed E-state index contributed by atoms with van der Waals surface area (Å²) < 4.78 is 0. The van der Waals surface area contributed by atoms with Crippen molar-refractivity contribution in [3.8, 4) is 0 Å². The van der Waals surface area contributed by atoms with Gasteiger partial charge in [0.25, 0.3) is 0 Å². The number of nitrogens with one attached hydrogen (secondary N) is 2. The third-order valence-electron chi connectivity index (χ3n) is 3.91. The Morgan fingerprint density at radius 1 is 0.679 bits per heavy atom. The lowest BCUT2D eigenvalue weighted by Gasteiger charge is -2.23. The summed E-state index contributed by atoms with van der Waals surface area (Å²) in [5.74, 6) is -4.92. The quantitative estimate of drug-likeness (QED) is 0.589. The molecule has 3 rings (SSSR count). The molecule has 0 bridgehead atoms. The van der Waals surface area contributed by atoms with Crippen molar-refractivity contribution in [2.45, 2.75) is 27.7 Å². The molecule has 2 aromatic rings. The molecule has 0 aliphatic heterocycles. The highest BCUT2D eigenvalue weighted by atomic mass is 35.5. The van der Waals surface area contributed by atoms with Gasteiger partial charge in [-0.15, -0.1) is 0 Å². The predicted molar refractivity (Wildman–Crippen MR) is 101 cm³/mol. The number of hydrogen-bond donors (Lipinski definition) is 0. The van der Waals surface area contributed by atoms with Crippen LogP contribution < -0.4 is 20.2 Å². The maximum absolute atomic E-state index is 10.7. The Balaban J connectivity index is 0.000000217. The van der Waals surface area contributed by atoms with Gasteiger partial charge in [-0.05, 0) is 50.3 Å². The molecule has 2 heterocycles. The topological polar surface area (TPSA) is 109 Å². The lowest BCUT2D eigenvalue weighted by atomic mass is 10.1. The van der Waals surface area contributed by atoms with Crippen molar-refractivity contribution in [2.24, 2.45) is 0 Å². The van der Waals surface area contributed by atoms with Crippen molar-refractivity contribution >= 4 is 34.8 Å². The van der Waals surface area contributed by atoms with Crippen LogP contribution in [0.5, 0.6) is 0 Å². The maximum Gasteiger partial charge on any atom is 0.190 e. The van der Waals surface area contributed by atoms with Crippen LogP contribution in [0.15, 0.2) is 58.5 Å². The molecule has 0 spiro atoms. The second kappa shape index (κ2) is 10.6. The molecule has 1 aliphatic rings. The number of ketones is 2. The third-order valence-corrected chi connectivity index (χ3v) is 4.60. The predicted octanol–water partition coefficient (Wildman–Crippen LogP) is 0.995. The molecule has 0 atom stereocenters. The molecule has 0 unspecified atom stereocenters. The number of carbonyl (C=O) groups is 2. The largest absolute Gasteiger partial charge is 0.869 e. The first-order valence-electron chi connectivity index (χ1n) is 8.17. The number of aromatic amines is 2. The van der Waals surface area contributed by atoms with Crippen molar-refractivity contribution in [1.82, 2.24) is 0 Å². The number of rotatable bonds is 0. The zero-order valence-electron chi connectivity index (χ0n) is 15.9. The van der Waals surface area contributed by atoms with Gasteiger partial charge in [0, 0.05) is 23.3 Å². The molecular weight excluding hydrogens is 403 g/mol. The van der Waals surface area contributed by atoms with E-state index >= 15 is 0 Å². The van der Waals surface area contributed by atoms with Crippen LogP contribution >= 0.6 is 23.2 Å². The van der Waals surface area contributed by atoms with Crippen LogP contribution in [-0.2, 0) is 9.59 Å². The molecule has 1 aliphatic carbocycles. The van der Waals surface area contributed by atoms with Gasteiger partial charge in [0.05, 0.1) is 10.1 Å². The molecule has 2 aromatic heterocycles. The zero-order chi connectivity index (χ0) is 21.4. The molecule has 28 heavy (non-hydrogen) atoms. The van der Waals surface area contributed by atoms with Gasteiger partial charge in [-0.3, -0.25) is 9.59 Å². The number of aromatic nitrogens is 2. The summed E-state index contributed by atoms with van der Waals surface area (Å²) in [6, 6.07) is 4.13. The molecule has 148 valence electrons. The number of aryl methyl sites for hydroxylation is 4. The van der Waals surface area contributed by atoms with Gasteiger partial charge < -0.3 is 10.2 Å².